The van der Waals surface area contributed by atoms with Gasteiger partial charge in [-0.1, -0.05) is 0 Å². The molecule has 1 heterocycles. The van der Waals surface area contributed by atoms with Gasteiger partial charge in [0.2, 0.25) is 0 Å². The summed E-state index contributed by atoms with van der Waals surface area (Å²) in [6.07, 6.45) is 0. The van der Waals surface area contributed by atoms with Crippen molar-refractivity contribution in [3.8, 4) is 0 Å². The van der Waals surface area contributed by atoms with Gasteiger partial charge in [0.1, 0.15) is 6.73 Å². The Labute approximate surface area is 89.7 Å². The number of rotatable bonds is 2. The normalized spacial score (nSPS) is 14.2. The lowest BCUT2D eigenvalue weighted by atomic mass is 10.1. The number of benzene rings is 1. The Kier molecular flexibility index (Phi) is 2.21. The Balaban J connectivity index is 2.58. The van der Waals surface area contributed by atoms with E-state index in [0.717, 1.165) is 11.0 Å². The van der Waals surface area contributed by atoms with Crippen LogP contribution in [0.2, 0.25) is 0 Å². The van der Waals surface area contributed by atoms with Gasteiger partial charge in [-0.2, -0.15) is 0 Å². The van der Waals surface area contributed by atoms with Gasteiger partial charge in [-0.05, 0) is 18.2 Å². The first-order valence-electron chi connectivity index (χ1n) is 4.40. The lowest BCUT2D eigenvalue weighted by Gasteiger charge is -2.11. The summed E-state index contributed by atoms with van der Waals surface area (Å²) in [7, 11) is 0. The van der Waals surface area contributed by atoms with Crippen LogP contribution in [0.5, 0.6) is 0 Å². The van der Waals surface area contributed by atoms with Gasteiger partial charge in [0.25, 0.3) is 5.78 Å². The molecule has 6 nitrogen and oxygen atoms in total. The van der Waals surface area contributed by atoms with Crippen LogP contribution in [0.25, 0.3) is 0 Å². The number of carbonyl (C=O) groups is 3. The molecule has 1 aromatic carbocycles. The molecule has 0 aliphatic carbocycles. The zero-order chi connectivity index (χ0) is 11.9. The molecule has 2 N–H and O–H groups in total. The molecule has 0 spiro atoms. The molecule has 0 atom stereocenters. The number of Topliss-reactive ketones (excluding diaryl/α,β-unsaturated/α-hetero) is 1. The predicted molar refractivity (Wildman–Crippen MR) is 52.3 cm³/mol. The first-order valence-corrected chi connectivity index (χ1v) is 4.40. The molecule has 1 aromatic rings. The van der Waals surface area contributed by atoms with Crippen molar-refractivity contribution in [2.24, 2.45) is 0 Å². The second kappa shape index (κ2) is 3.42. The van der Waals surface area contributed by atoms with Gasteiger partial charge in [-0.25, -0.2) is 4.79 Å². The first-order chi connectivity index (χ1) is 7.56. The Bertz CT molecular complexity index is 508. The van der Waals surface area contributed by atoms with Gasteiger partial charge in [0, 0.05) is 0 Å². The summed E-state index contributed by atoms with van der Waals surface area (Å²) in [5.74, 6) is -2.82. The fraction of sp³-hybridized carbons (Fsp3) is 0.100. The van der Waals surface area contributed by atoms with E-state index in [1.165, 1.54) is 12.1 Å². The number of nitrogens with zero attached hydrogens (tertiary/aromatic N) is 1. The first kappa shape index (κ1) is 10.3. The molecule has 0 radical (unpaired) electrons. The van der Waals surface area contributed by atoms with Gasteiger partial charge in [0.05, 0.1) is 16.8 Å². The van der Waals surface area contributed by atoms with Crippen LogP contribution < -0.4 is 4.90 Å². The van der Waals surface area contributed by atoms with Crippen molar-refractivity contribution in [1.29, 1.82) is 0 Å². The Morgan fingerprint density at radius 1 is 1.31 bits per heavy atom. The van der Waals surface area contributed by atoms with Crippen LogP contribution in [0.15, 0.2) is 18.2 Å². The second-order valence-corrected chi connectivity index (χ2v) is 3.24. The summed E-state index contributed by atoms with van der Waals surface area (Å²) < 4.78 is 0. The molecular weight excluding hydrogens is 214 g/mol. The zero-order valence-electron chi connectivity index (χ0n) is 8.01. The van der Waals surface area contributed by atoms with Crippen LogP contribution in [0.4, 0.5) is 5.69 Å². The molecule has 16 heavy (non-hydrogen) atoms. The summed E-state index contributed by atoms with van der Waals surface area (Å²) in [4.78, 5) is 34.4. The number of carboxylic acid groups (broad SMARTS) is 1. The van der Waals surface area contributed by atoms with E-state index in [2.05, 4.69) is 0 Å². The molecular formula is C10H7NO5. The van der Waals surface area contributed by atoms with E-state index in [9.17, 15) is 14.4 Å². The van der Waals surface area contributed by atoms with Crippen LogP contribution >= 0.6 is 0 Å². The Morgan fingerprint density at radius 3 is 2.56 bits per heavy atom. The van der Waals surface area contributed by atoms with Gasteiger partial charge < -0.3 is 10.2 Å². The van der Waals surface area contributed by atoms with E-state index in [-0.39, 0.29) is 16.8 Å². The van der Waals surface area contributed by atoms with Crippen LogP contribution in [0.1, 0.15) is 20.7 Å². The molecule has 0 saturated carbocycles. The molecule has 2 rings (SSSR count). The highest BCUT2D eigenvalue weighted by Gasteiger charge is 2.35. The zero-order valence-corrected chi connectivity index (χ0v) is 8.01. The highest BCUT2D eigenvalue weighted by molar-refractivity contribution is 6.52. The quantitative estimate of drug-likeness (QED) is 0.678. The minimum atomic E-state index is -1.18. The van der Waals surface area contributed by atoms with E-state index in [1.807, 2.05) is 0 Å². The average Bonchev–Trinajstić information content (AvgIpc) is 2.51. The number of hydrogen-bond donors (Lipinski definition) is 2. The van der Waals surface area contributed by atoms with Crippen LogP contribution in [0, 0.1) is 0 Å². The van der Waals surface area contributed by atoms with Gasteiger partial charge in [-0.3, -0.25) is 14.5 Å². The van der Waals surface area contributed by atoms with E-state index >= 15 is 0 Å². The minimum Gasteiger partial charge on any atom is -0.478 e. The number of carbonyl (C=O) groups excluding carboxylic acids is 2. The summed E-state index contributed by atoms with van der Waals surface area (Å²) in [6.45, 7) is -0.607. The largest absolute Gasteiger partial charge is 0.478 e. The molecule has 6 heteroatoms. The average molecular weight is 221 g/mol. The SMILES string of the molecule is O=C(O)c1ccc2c(c1)C(=O)C(=O)N2CO. The Hall–Kier alpha value is -2.21. The Morgan fingerprint density at radius 2 is 2.00 bits per heavy atom. The van der Waals surface area contributed by atoms with Crippen LogP contribution in [-0.2, 0) is 4.79 Å². The fourth-order valence-corrected chi connectivity index (χ4v) is 1.57. The van der Waals surface area contributed by atoms with Crippen molar-refractivity contribution in [2.75, 3.05) is 11.6 Å². The van der Waals surface area contributed by atoms with Gasteiger partial charge in [0.15, 0.2) is 0 Å². The molecule has 0 unspecified atom stereocenters. The monoisotopic (exact) mass is 221 g/mol. The summed E-state index contributed by atoms with van der Waals surface area (Å²) in [6, 6.07) is 3.74. The van der Waals surface area contributed by atoms with Crippen molar-refractivity contribution in [2.45, 2.75) is 0 Å². The van der Waals surface area contributed by atoms with Crippen molar-refractivity contribution in [1.82, 2.24) is 0 Å². The maximum absolute atomic E-state index is 11.4. The van der Waals surface area contributed by atoms with E-state index in [4.69, 9.17) is 10.2 Å². The third-order valence-corrected chi connectivity index (χ3v) is 2.36. The molecule has 0 saturated heterocycles. The van der Waals surface area contributed by atoms with Crippen molar-refractivity contribution in [3.63, 3.8) is 0 Å². The van der Waals surface area contributed by atoms with Gasteiger partial charge >= 0.3 is 11.9 Å². The lowest BCUT2D eigenvalue weighted by molar-refractivity contribution is -0.114. The van der Waals surface area contributed by atoms with Crippen LogP contribution in [0.3, 0.4) is 0 Å². The van der Waals surface area contributed by atoms with Crippen molar-refractivity contribution >= 4 is 23.3 Å². The third kappa shape index (κ3) is 1.28. The third-order valence-electron chi connectivity index (χ3n) is 2.36. The lowest BCUT2D eigenvalue weighted by Crippen LogP contribution is -2.30. The molecule has 0 aromatic heterocycles. The summed E-state index contributed by atoms with van der Waals surface area (Å²) >= 11 is 0. The molecule has 1 aliphatic rings. The molecule has 82 valence electrons. The number of fused-ring (bicyclic) bond motifs is 1. The predicted octanol–water partition coefficient (Wildman–Crippen LogP) is -0.136. The van der Waals surface area contributed by atoms with Crippen LogP contribution in [-0.4, -0.2) is 34.6 Å². The van der Waals surface area contributed by atoms with Crippen molar-refractivity contribution < 1.29 is 24.6 Å². The minimum absolute atomic E-state index is 0.0129. The number of aliphatic hydroxyl groups is 1. The maximum Gasteiger partial charge on any atom is 0.335 e. The summed E-state index contributed by atoms with van der Waals surface area (Å²) in [5, 5.41) is 17.6. The second-order valence-electron chi connectivity index (χ2n) is 3.24. The van der Waals surface area contributed by atoms with E-state index in [1.54, 1.807) is 0 Å². The topological polar surface area (TPSA) is 94.9 Å². The number of hydrogen-bond acceptors (Lipinski definition) is 4. The standard InChI is InChI=1S/C10H7NO5/c12-4-11-7-2-1-5(10(15)16)3-6(7)8(13)9(11)14/h1-3,12H,4H2,(H,15,16). The number of carboxylic acids is 1. The fourth-order valence-electron chi connectivity index (χ4n) is 1.57. The van der Waals surface area contributed by atoms with E-state index < -0.39 is 24.4 Å². The molecule has 1 amide bonds. The molecule has 1 aliphatic heterocycles. The highest BCUT2D eigenvalue weighted by atomic mass is 16.4. The number of amides is 1. The molecule has 0 bridgehead atoms. The smallest absolute Gasteiger partial charge is 0.335 e. The number of aliphatic hydroxyl groups excluding tert-OH is 1. The highest BCUT2D eigenvalue weighted by Crippen LogP contribution is 2.29. The number of anilines is 1. The molecule has 0 fully saturated rings. The van der Waals surface area contributed by atoms with Crippen molar-refractivity contribution in [3.05, 3.63) is 29.3 Å². The summed E-state index contributed by atoms with van der Waals surface area (Å²) in [5.41, 5.74) is 0.182. The van der Waals surface area contributed by atoms with Gasteiger partial charge in [-0.15, -0.1) is 0 Å². The van der Waals surface area contributed by atoms with E-state index in [0.29, 0.717) is 0 Å². The number of aromatic carboxylic acids is 1. The maximum atomic E-state index is 11.4. The number of ketones is 1.